The molecule has 2 atom stereocenters. The van der Waals surface area contributed by atoms with E-state index in [9.17, 15) is 14.7 Å². The predicted octanol–water partition coefficient (Wildman–Crippen LogP) is -1.02. The Morgan fingerprint density at radius 1 is 1.40 bits per heavy atom. The van der Waals surface area contributed by atoms with E-state index in [0.717, 1.165) is 0 Å². The van der Waals surface area contributed by atoms with E-state index in [1.807, 2.05) is 4.90 Å². The van der Waals surface area contributed by atoms with Crippen LogP contribution in [-0.2, 0) is 14.3 Å². The van der Waals surface area contributed by atoms with Crippen LogP contribution in [0.3, 0.4) is 0 Å². The molecular weight excluding hydrogens is 198 g/mol. The van der Waals surface area contributed by atoms with Crippen LogP contribution in [0.5, 0.6) is 0 Å². The van der Waals surface area contributed by atoms with Crippen molar-refractivity contribution >= 4 is 11.6 Å². The van der Waals surface area contributed by atoms with E-state index in [4.69, 9.17) is 4.74 Å². The summed E-state index contributed by atoms with van der Waals surface area (Å²) in [5, 5.41) is 9.71. The molecule has 5 heteroatoms. The number of Topliss-reactive ketones (excluding diaryl/α,β-unsaturated/α-hetero) is 2. The fourth-order valence-corrected chi connectivity index (χ4v) is 2.16. The molecule has 0 amide bonds. The van der Waals surface area contributed by atoms with Crippen molar-refractivity contribution in [1.82, 2.24) is 4.90 Å². The number of morpholine rings is 1. The van der Waals surface area contributed by atoms with Gasteiger partial charge in [0, 0.05) is 19.5 Å². The molecule has 2 unspecified atom stereocenters. The van der Waals surface area contributed by atoms with Crippen LogP contribution in [0.1, 0.15) is 13.3 Å². The largest absolute Gasteiger partial charge is 0.382 e. The summed E-state index contributed by atoms with van der Waals surface area (Å²) in [7, 11) is 0. The third kappa shape index (κ3) is 1.82. The number of ketones is 2. The standard InChI is InChI=1S/C10H15NO4/c1-10(14)6-7(8(12)9(10)13)11-2-4-15-5-3-11/h7,14H,2-6H2,1H3. The molecule has 0 bridgehead atoms. The molecule has 1 heterocycles. The Morgan fingerprint density at radius 3 is 2.47 bits per heavy atom. The van der Waals surface area contributed by atoms with Crippen molar-refractivity contribution in [2.45, 2.75) is 25.0 Å². The minimum atomic E-state index is -1.47. The number of carbonyl (C=O) groups excluding carboxylic acids is 2. The summed E-state index contributed by atoms with van der Waals surface area (Å²) in [4.78, 5) is 25.0. The van der Waals surface area contributed by atoms with Crippen molar-refractivity contribution in [3.05, 3.63) is 0 Å². The minimum Gasteiger partial charge on any atom is -0.382 e. The zero-order chi connectivity index (χ0) is 11.1. The molecule has 1 aliphatic heterocycles. The van der Waals surface area contributed by atoms with E-state index in [1.165, 1.54) is 6.92 Å². The highest BCUT2D eigenvalue weighted by molar-refractivity contribution is 6.44. The van der Waals surface area contributed by atoms with Gasteiger partial charge in [0.05, 0.1) is 19.3 Å². The molecule has 1 saturated carbocycles. The Kier molecular flexibility index (Phi) is 2.62. The monoisotopic (exact) mass is 213 g/mol. The molecule has 5 nitrogen and oxygen atoms in total. The second-order valence-electron chi connectivity index (χ2n) is 4.34. The quantitative estimate of drug-likeness (QED) is 0.565. The molecule has 1 saturated heterocycles. The second kappa shape index (κ2) is 3.66. The van der Waals surface area contributed by atoms with Crippen molar-refractivity contribution in [2.75, 3.05) is 26.3 Å². The van der Waals surface area contributed by atoms with Gasteiger partial charge in [0.15, 0.2) is 0 Å². The van der Waals surface area contributed by atoms with Crippen molar-refractivity contribution in [3.63, 3.8) is 0 Å². The first-order valence-corrected chi connectivity index (χ1v) is 5.15. The Balaban J connectivity index is 2.11. The maximum Gasteiger partial charge on any atom is 0.231 e. The van der Waals surface area contributed by atoms with Crippen LogP contribution in [0.4, 0.5) is 0 Å². The molecule has 2 rings (SSSR count). The maximum absolute atomic E-state index is 11.6. The lowest BCUT2D eigenvalue weighted by Crippen LogP contribution is -2.46. The van der Waals surface area contributed by atoms with Gasteiger partial charge < -0.3 is 9.84 Å². The first kappa shape index (κ1) is 10.7. The summed E-state index contributed by atoms with van der Waals surface area (Å²) in [5.41, 5.74) is -1.47. The molecule has 2 fully saturated rings. The van der Waals surface area contributed by atoms with Gasteiger partial charge >= 0.3 is 0 Å². The van der Waals surface area contributed by atoms with Gasteiger partial charge in [-0.25, -0.2) is 0 Å². The smallest absolute Gasteiger partial charge is 0.231 e. The van der Waals surface area contributed by atoms with E-state index < -0.39 is 23.2 Å². The van der Waals surface area contributed by atoms with Crippen LogP contribution in [0.15, 0.2) is 0 Å². The minimum absolute atomic E-state index is 0.213. The molecule has 1 aliphatic carbocycles. The van der Waals surface area contributed by atoms with Gasteiger partial charge in [-0.3, -0.25) is 14.5 Å². The molecule has 1 N–H and O–H groups in total. The van der Waals surface area contributed by atoms with E-state index in [-0.39, 0.29) is 6.42 Å². The Labute approximate surface area is 88.0 Å². The average molecular weight is 213 g/mol. The van der Waals surface area contributed by atoms with Gasteiger partial charge in [-0.2, -0.15) is 0 Å². The van der Waals surface area contributed by atoms with Gasteiger partial charge in [0.2, 0.25) is 11.6 Å². The number of hydrogen-bond donors (Lipinski definition) is 1. The number of hydrogen-bond acceptors (Lipinski definition) is 5. The summed E-state index contributed by atoms with van der Waals surface area (Å²) in [5.74, 6) is -1.11. The topological polar surface area (TPSA) is 66.8 Å². The summed E-state index contributed by atoms with van der Waals surface area (Å²) >= 11 is 0. The molecule has 0 radical (unpaired) electrons. The number of ether oxygens (including phenoxy) is 1. The van der Waals surface area contributed by atoms with Gasteiger partial charge in [0.25, 0.3) is 0 Å². The van der Waals surface area contributed by atoms with Crippen molar-refractivity contribution < 1.29 is 19.4 Å². The number of rotatable bonds is 1. The van der Waals surface area contributed by atoms with E-state index >= 15 is 0 Å². The van der Waals surface area contributed by atoms with Crippen LogP contribution in [0.2, 0.25) is 0 Å². The van der Waals surface area contributed by atoms with Gasteiger partial charge in [-0.15, -0.1) is 0 Å². The highest BCUT2D eigenvalue weighted by Crippen LogP contribution is 2.27. The SMILES string of the molecule is CC1(O)CC(N2CCOCC2)C(=O)C1=O. The van der Waals surface area contributed by atoms with Gasteiger partial charge in [0.1, 0.15) is 5.60 Å². The number of nitrogens with zero attached hydrogens (tertiary/aromatic N) is 1. The fourth-order valence-electron chi connectivity index (χ4n) is 2.16. The fraction of sp³-hybridized carbons (Fsp3) is 0.800. The molecule has 0 aromatic heterocycles. The lowest BCUT2D eigenvalue weighted by Gasteiger charge is -2.31. The highest BCUT2D eigenvalue weighted by atomic mass is 16.5. The molecule has 84 valence electrons. The summed E-state index contributed by atoms with van der Waals surface area (Å²) in [6.45, 7) is 3.88. The zero-order valence-corrected chi connectivity index (χ0v) is 8.73. The summed E-state index contributed by atoms with van der Waals surface area (Å²) in [6, 6.07) is -0.448. The molecule has 0 spiro atoms. The number of aliphatic hydroxyl groups is 1. The normalized spacial score (nSPS) is 38.7. The first-order chi connectivity index (χ1) is 7.02. The van der Waals surface area contributed by atoms with E-state index in [1.54, 1.807) is 0 Å². The average Bonchev–Trinajstić information content (AvgIpc) is 2.44. The van der Waals surface area contributed by atoms with Crippen LogP contribution in [-0.4, -0.2) is 59.5 Å². The van der Waals surface area contributed by atoms with Gasteiger partial charge in [-0.1, -0.05) is 0 Å². The van der Waals surface area contributed by atoms with Gasteiger partial charge in [-0.05, 0) is 6.92 Å². The highest BCUT2D eigenvalue weighted by Gasteiger charge is 2.50. The van der Waals surface area contributed by atoms with E-state index in [0.29, 0.717) is 26.3 Å². The number of carbonyl (C=O) groups is 2. The Hall–Kier alpha value is -0.780. The van der Waals surface area contributed by atoms with Crippen LogP contribution in [0, 0.1) is 0 Å². The summed E-state index contributed by atoms with van der Waals surface area (Å²) in [6.07, 6.45) is 0.213. The predicted molar refractivity (Wildman–Crippen MR) is 51.4 cm³/mol. The van der Waals surface area contributed by atoms with Crippen LogP contribution in [0.25, 0.3) is 0 Å². The Bertz CT molecular complexity index is 294. The molecule has 2 aliphatic rings. The molecule has 0 aromatic rings. The van der Waals surface area contributed by atoms with Crippen LogP contribution >= 0.6 is 0 Å². The summed E-state index contributed by atoms with van der Waals surface area (Å²) < 4.78 is 5.17. The maximum atomic E-state index is 11.6. The molecule has 15 heavy (non-hydrogen) atoms. The second-order valence-corrected chi connectivity index (χ2v) is 4.34. The lowest BCUT2D eigenvalue weighted by atomic mass is 10.0. The third-order valence-electron chi connectivity index (χ3n) is 3.09. The van der Waals surface area contributed by atoms with Crippen molar-refractivity contribution in [1.29, 1.82) is 0 Å². The molecular formula is C10H15NO4. The van der Waals surface area contributed by atoms with Crippen molar-refractivity contribution in [3.8, 4) is 0 Å². The molecule has 0 aromatic carbocycles. The van der Waals surface area contributed by atoms with E-state index in [2.05, 4.69) is 0 Å². The van der Waals surface area contributed by atoms with Crippen molar-refractivity contribution in [2.24, 2.45) is 0 Å². The third-order valence-corrected chi connectivity index (χ3v) is 3.09. The first-order valence-electron chi connectivity index (χ1n) is 5.15. The van der Waals surface area contributed by atoms with Crippen LogP contribution < -0.4 is 0 Å². The lowest BCUT2D eigenvalue weighted by molar-refractivity contribution is -0.143. The zero-order valence-electron chi connectivity index (χ0n) is 8.73. The Morgan fingerprint density at radius 2 is 2.00 bits per heavy atom.